The van der Waals surface area contributed by atoms with Gasteiger partial charge < -0.3 is 10.6 Å². The number of hydrogen-bond acceptors (Lipinski definition) is 1. The highest BCUT2D eigenvalue weighted by molar-refractivity contribution is 5.93. The molecular weight excluding hydrogens is 248 g/mol. The number of carbonyl (C=O) groups is 1. The minimum absolute atomic E-state index is 0.0343. The Morgan fingerprint density at radius 2 is 1.95 bits per heavy atom. The number of anilines is 1. The van der Waals surface area contributed by atoms with E-state index < -0.39 is 0 Å². The SMILES string of the molecule is C[C@@H]1[C@H](C)CCC[C@@H]1[NH2+][C@@H](C)C(=O)Nc1ccccc1. The molecule has 2 rings (SSSR count). The molecule has 1 amide bonds. The maximum atomic E-state index is 12.2. The van der Waals surface area contributed by atoms with Gasteiger partial charge in [0.1, 0.15) is 0 Å². The highest BCUT2D eigenvalue weighted by Gasteiger charge is 2.32. The monoisotopic (exact) mass is 275 g/mol. The van der Waals surface area contributed by atoms with Crippen LogP contribution in [0.5, 0.6) is 0 Å². The molecule has 1 saturated carbocycles. The molecule has 0 aliphatic heterocycles. The Kier molecular flexibility index (Phi) is 5.18. The van der Waals surface area contributed by atoms with Crippen molar-refractivity contribution in [2.45, 2.75) is 52.1 Å². The van der Waals surface area contributed by atoms with E-state index >= 15 is 0 Å². The summed E-state index contributed by atoms with van der Waals surface area (Å²) in [4.78, 5) is 12.2. The van der Waals surface area contributed by atoms with E-state index in [-0.39, 0.29) is 11.9 Å². The van der Waals surface area contributed by atoms with Gasteiger partial charge in [-0.3, -0.25) is 4.79 Å². The predicted molar refractivity (Wildman–Crippen MR) is 82.4 cm³/mol. The van der Waals surface area contributed by atoms with Crippen LogP contribution in [-0.4, -0.2) is 18.0 Å². The molecule has 0 saturated heterocycles. The Bertz CT molecular complexity index is 432. The molecule has 0 unspecified atom stereocenters. The number of nitrogens with two attached hydrogens (primary N) is 1. The minimum atomic E-state index is -0.0343. The van der Waals surface area contributed by atoms with Gasteiger partial charge in [-0.15, -0.1) is 0 Å². The highest BCUT2D eigenvalue weighted by atomic mass is 16.2. The van der Waals surface area contributed by atoms with Crippen molar-refractivity contribution in [1.82, 2.24) is 0 Å². The largest absolute Gasteiger partial charge is 0.334 e. The number of quaternary nitrogens is 1. The quantitative estimate of drug-likeness (QED) is 0.871. The van der Waals surface area contributed by atoms with E-state index in [9.17, 15) is 4.79 Å². The zero-order valence-corrected chi connectivity index (χ0v) is 12.8. The van der Waals surface area contributed by atoms with Gasteiger partial charge in [0.15, 0.2) is 6.04 Å². The van der Waals surface area contributed by atoms with E-state index in [2.05, 4.69) is 24.5 Å². The maximum Gasteiger partial charge on any atom is 0.282 e. The van der Waals surface area contributed by atoms with E-state index in [1.807, 2.05) is 37.3 Å². The average Bonchev–Trinajstić information content (AvgIpc) is 2.45. The lowest BCUT2D eigenvalue weighted by molar-refractivity contribution is -0.715. The number of carbonyl (C=O) groups excluding carboxylic acids is 1. The van der Waals surface area contributed by atoms with Crippen LogP contribution >= 0.6 is 0 Å². The van der Waals surface area contributed by atoms with Gasteiger partial charge in [-0.05, 0) is 44.2 Å². The lowest BCUT2D eigenvalue weighted by Gasteiger charge is -2.33. The molecule has 0 heterocycles. The molecule has 0 bridgehead atoms. The Hall–Kier alpha value is -1.35. The molecule has 20 heavy (non-hydrogen) atoms. The first-order chi connectivity index (χ1) is 9.58. The molecule has 1 fully saturated rings. The molecule has 0 spiro atoms. The van der Waals surface area contributed by atoms with Gasteiger partial charge in [0.2, 0.25) is 0 Å². The first-order valence-corrected chi connectivity index (χ1v) is 7.79. The second-order valence-electron chi connectivity index (χ2n) is 6.27. The number of nitrogens with one attached hydrogen (secondary N) is 1. The molecular formula is C17H27N2O+. The fraction of sp³-hybridized carbons (Fsp3) is 0.588. The third kappa shape index (κ3) is 3.83. The fourth-order valence-corrected chi connectivity index (χ4v) is 3.13. The van der Waals surface area contributed by atoms with Crippen molar-refractivity contribution in [1.29, 1.82) is 0 Å². The van der Waals surface area contributed by atoms with Crippen LogP contribution in [0.15, 0.2) is 30.3 Å². The van der Waals surface area contributed by atoms with Gasteiger partial charge in [0.05, 0.1) is 6.04 Å². The van der Waals surface area contributed by atoms with Gasteiger partial charge in [0.25, 0.3) is 5.91 Å². The van der Waals surface area contributed by atoms with Crippen molar-refractivity contribution in [3.8, 4) is 0 Å². The second kappa shape index (κ2) is 6.89. The molecule has 110 valence electrons. The number of benzene rings is 1. The third-order valence-corrected chi connectivity index (χ3v) is 4.76. The van der Waals surface area contributed by atoms with Crippen LogP contribution in [0, 0.1) is 11.8 Å². The summed E-state index contributed by atoms with van der Waals surface area (Å²) in [6.45, 7) is 6.66. The summed E-state index contributed by atoms with van der Waals surface area (Å²) in [6, 6.07) is 10.2. The van der Waals surface area contributed by atoms with Crippen LogP contribution in [0.25, 0.3) is 0 Å². The topological polar surface area (TPSA) is 45.7 Å². The Labute approximate surface area is 122 Å². The standard InChI is InChI=1S/C17H26N2O/c1-12-8-7-11-16(13(12)2)18-14(3)17(20)19-15-9-5-4-6-10-15/h4-6,9-10,12-14,16,18H,7-8,11H2,1-3H3,(H,19,20)/p+1/t12-,13-,14+,16+/m1/s1. The molecule has 3 heteroatoms. The van der Waals surface area contributed by atoms with Crippen LogP contribution in [-0.2, 0) is 4.79 Å². The van der Waals surface area contributed by atoms with Crippen molar-refractivity contribution >= 4 is 11.6 Å². The van der Waals surface area contributed by atoms with E-state index in [1.165, 1.54) is 19.3 Å². The third-order valence-electron chi connectivity index (χ3n) is 4.76. The summed E-state index contributed by atoms with van der Waals surface area (Å²) in [5, 5.41) is 5.25. The first-order valence-electron chi connectivity index (χ1n) is 7.79. The lowest BCUT2D eigenvalue weighted by atomic mass is 9.78. The summed E-state index contributed by atoms with van der Waals surface area (Å²) in [5.41, 5.74) is 0.878. The average molecular weight is 275 g/mol. The summed E-state index contributed by atoms with van der Waals surface area (Å²) in [7, 11) is 0. The highest BCUT2D eigenvalue weighted by Crippen LogP contribution is 2.27. The smallest absolute Gasteiger partial charge is 0.282 e. The maximum absolute atomic E-state index is 12.2. The van der Waals surface area contributed by atoms with Crippen LogP contribution in [0.3, 0.4) is 0 Å². The fourth-order valence-electron chi connectivity index (χ4n) is 3.13. The van der Waals surface area contributed by atoms with Gasteiger partial charge in [-0.2, -0.15) is 0 Å². The zero-order chi connectivity index (χ0) is 14.5. The van der Waals surface area contributed by atoms with Gasteiger partial charge in [0, 0.05) is 11.6 Å². The lowest BCUT2D eigenvalue weighted by Crippen LogP contribution is -2.97. The summed E-state index contributed by atoms with van der Waals surface area (Å²) in [6.07, 6.45) is 3.85. The minimum Gasteiger partial charge on any atom is -0.334 e. The second-order valence-corrected chi connectivity index (χ2v) is 6.27. The van der Waals surface area contributed by atoms with Gasteiger partial charge >= 0.3 is 0 Å². The Balaban J connectivity index is 1.87. The molecule has 0 aromatic heterocycles. The van der Waals surface area contributed by atoms with Gasteiger partial charge in [-0.25, -0.2) is 0 Å². The summed E-state index contributed by atoms with van der Waals surface area (Å²) < 4.78 is 0. The van der Waals surface area contributed by atoms with Crippen molar-refractivity contribution in [2.75, 3.05) is 5.32 Å². The Morgan fingerprint density at radius 1 is 1.25 bits per heavy atom. The van der Waals surface area contributed by atoms with Crippen molar-refractivity contribution in [3.63, 3.8) is 0 Å². The summed E-state index contributed by atoms with van der Waals surface area (Å²) in [5.74, 6) is 1.56. The number of amides is 1. The molecule has 1 aliphatic carbocycles. The van der Waals surface area contributed by atoms with Crippen LogP contribution < -0.4 is 10.6 Å². The van der Waals surface area contributed by atoms with E-state index in [0.29, 0.717) is 12.0 Å². The summed E-state index contributed by atoms with van der Waals surface area (Å²) >= 11 is 0. The van der Waals surface area contributed by atoms with Crippen LogP contribution in [0.2, 0.25) is 0 Å². The van der Waals surface area contributed by atoms with E-state index in [4.69, 9.17) is 0 Å². The normalized spacial score (nSPS) is 27.9. The van der Waals surface area contributed by atoms with E-state index in [1.54, 1.807) is 0 Å². The zero-order valence-electron chi connectivity index (χ0n) is 12.8. The number of hydrogen-bond donors (Lipinski definition) is 2. The van der Waals surface area contributed by atoms with Crippen LogP contribution in [0.4, 0.5) is 5.69 Å². The van der Waals surface area contributed by atoms with Crippen molar-refractivity contribution < 1.29 is 10.1 Å². The molecule has 1 aliphatic rings. The first kappa shape index (κ1) is 15.0. The van der Waals surface area contributed by atoms with Crippen molar-refractivity contribution in [3.05, 3.63) is 30.3 Å². The van der Waals surface area contributed by atoms with Crippen molar-refractivity contribution in [2.24, 2.45) is 11.8 Å². The molecule has 3 nitrogen and oxygen atoms in total. The number of rotatable bonds is 4. The number of para-hydroxylation sites is 1. The molecule has 3 N–H and O–H groups in total. The van der Waals surface area contributed by atoms with Gasteiger partial charge in [-0.1, -0.05) is 32.0 Å². The Morgan fingerprint density at radius 3 is 2.65 bits per heavy atom. The molecule has 1 aromatic rings. The van der Waals surface area contributed by atoms with Crippen LogP contribution in [0.1, 0.15) is 40.0 Å². The molecule has 0 radical (unpaired) electrons. The predicted octanol–water partition coefficient (Wildman–Crippen LogP) is 2.40. The molecule has 4 atom stereocenters. The molecule has 1 aromatic carbocycles. The van der Waals surface area contributed by atoms with E-state index in [0.717, 1.165) is 11.6 Å².